The Hall–Kier alpha value is -2.53. The van der Waals surface area contributed by atoms with Crippen molar-refractivity contribution >= 4 is 12.0 Å². The van der Waals surface area contributed by atoms with Gasteiger partial charge in [0, 0.05) is 38.1 Å². The third-order valence-electron chi connectivity index (χ3n) is 3.52. The number of rotatable bonds is 7. The fourth-order valence-electron chi connectivity index (χ4n) is 2.15. The van der Waals surface area contributed by atoms with Gasteiger partial charge in [-0.25, -0.2) is 4.39 Å². The molecule has 1 amide bonds. The summed E-state index contributed by atoms with van der Waals surface area (Å²) in [5.41, 5.74) is 1.78. The number of halogens is 1. The van der Waals surface area contributed by atoms with E-state index in [0.29, 0.717) is 13.1 Å². The number of pyridine rings is 1. The minimum atomic E-state index is -0.276. The molecule has 0 aliphatic heterocycles. The van der Waals surface area contributed by atoms with Gasteiger partial charge in [0.05, 0.1) is 0 Å². The number of aromatic nitrogens is 1. The first-order valence-corrected chi connectivity index (χ1v) is 7.81. The second-order valence-corrected chi connectivity index (χ2v) is 5.81. The van der Waals surface area contributed by atoms with Crippen LogP contribution in [0.3, 0.4) is 0 Å². The van der Waals surface area contributed by atoms with Gasteiger partial charge in [0.25, 0.3) is 0 Å². The molecule has 0 spiro atoms. The highest BCUT2D eigenvalue weighted by Gasteiger charge is 2.12. The zero-order chi connectivity index (χ0) is 17.4. The molecule has 0 aliphatic carbocycles. The summed E-state index contributed by atoms with van der Waals surface area (Å²) in [6.07, 6.45) is 6.70. The number of nitrogens with zero attached hydrogens (tertiary/aromatic N) is 3. The van der Waals surface area contributed by atoms with Gasteiger partial charge < -0.3 is 9.80 Å². The van der Waals surface area contributed by atoms with Crippen molar-refractivity contribution in [2.45, 2.75) is 6.54 Å². The molecule has 0 bridgehead atoms. The number of carbonyl (C=O) groups excluding carboxylic acids is 1. The normalized spacial score (nSPS) is 11.2. The molecule has 0 aliphatic rings. The van der Waals surface area contributed by atoms with E-state index in [1.54, 1.807) is 41.6 Å². The van der Waals surface area contributed by atoms with Gasteiger partial charge in [-0.05, 0) is 49.5 Å². The number of hydrogen-bond donors (Lipinski definition) is 0. The van der Waals surface area contributed by atoms with E-state index in [0.717, 1.165) is 17.7 Å². The van der Waals surface area contributed by atoms with Crippen LogP contribution in [-0.4, -0.2) is 47.9 Å². The number of likely N-dealkylation sites (N-methyl/N-ethyl adjacent to an activating group) is 1. The molecule has 0 atom stereocenters. The second-order valence-electron chi connectivity index (χ2n) is 5.81. The summed E-state index contributed by atoms with van der Waals surface area (Å²) in [7, 11) is 3.93. The maximum atomic E-state index is 13.0. The molecule has 0 radical (unpaired) electrons. The van der Waals surface area contributed by atoms with E-state index >= 15 is 0 Å². The summed E-state index contributed by atoms with van der Waals surface area (Å²) < 4.78 is 13.0. The Labute approximate surface area is 142 Å². The molecule has 126 valence electrons. The van der Waals surface area contributed by atoms with Crippen LogP contribution >= 0.6 is 0 Å². The highest BCUT2D eigenvalue weighted by Crippen LogP contribution is 2.08. The van der Waals surface area contributed by atoms with Gasteiger partial charge in [0.15, 0.2) is 0 Å². The van der Waals surface area contributed by atoms with Gasteiger partial charge in [-0.2, -0.15) is 0 Å². The number of hydrogen-bond acceptors (Lipinski definition) is 3. The van der Waals surface area contributed by atoms with Crippen LogP contribution in [0.25, 0.3) is 6.08 Å². The predicted octanol–water partition coefficient (Wildman–Crippen LogP) is 2.82. The van der Waals surface area contributed by atoms with Gasteiger partial charge in [-0.1, -0.05) is 18.2 Å². The molecule has 0 unspecified atom stereocenters. The predicted molar refractivity (Wildman–Crippen MR) is 93.6 cm³/mol. The van der Waals surface area contributed by atoms with Crippen molar-refractivity contribution in [3.63, 3.8) is 0 Å². The Morgan fingerprint density at radius 3 is 2.54 bits per heavy atom. The lowest BCUT2D eigenvalue weighted by molar-refractivity contribution is -0.126. The van der Waals surface area contributed by atoms with Gasteiger partial charge in [0.1, 0.15) is 5.82 Å². The molecule has 4 nitrogen and oxygen atoms in total. The lowest BCUT2D eigenvalue weighted by atomic mass is 10.2. The average molecular weight is 327 g/mol. The SMILES string of the molecule is CN(C)CCN(Cc1ccc(F)cc1)C(=O)C=Cc1cccnc1. The Morgan fingerprint density at radius 1 is 1.17 bits per heavy atom. The maximum absolute atomic E-state index is 13.0. The first-order chi connectivity index (χ1) is 11.5. The van der Waals surface area contributed by atoms with Crippen molar-refractivity contribution in [2.75, 3.05) is 27.2 Å². The summed E-state index contributed by atoms with van der Waals surface area (Å²) in [5, 5.41) is 0. The number of benzene rings is 1. The summed E-state index contributed by atoms with van der Waals surface area (Å²) >= 11 is 0. The monoisotopic (exact) mass is 327 g/mol. The van der Waals surface area contributed by atoms with Gasteiger partial charge >= 0.3 is 0 Å². The minimum absolute atomic E-state index is 0.0787. The lowest BCUT2D eigenvalue weighted by Gasteiger charge is -2.23. The third-order valence-corrected chi connectivity index (χ3v) is 3.52. The van der Waals surface area contributed by atoms with E-state index in [1.807, 2.05) is 31.1 Å². The molecule has 0 N–H and O–H groups in total. The lowest BCUT2D eigenvalue weighted by Crippen LogP contribution is -2.35. The van der Waals surface area contributed by atoms with Crippen LogP contribution in [0.2, 0.25) is 0 Å². The van der Waals surface area contributed by atoms with E-state index in [-0.39, 0.29) is 11.7 Å². The molecule has 5 heteroatoms. The van der Waals surface area contributed by atoms with Crippen LogP contribution in [0.15, 0.2) is 54.9 Å². The van der Waals surface area contributed by atoms with Gasteiger partial charge in [-0.15, -0.1) is 0 Å². The van der Waals surface area contributed by atoms with Crippen molar-refractivity contribution < 1.29 is 9.18 Å². The van der Waals surface area contributed by atoms with Crippen molar-refractivity contribution in [3.8, 4) is 0 Å². The molecular formula is C19H22FN3O. The van der Waals surface area contributed by atoms with Crippen LogP contribution in [-0.2, 0) is 11.3 Å². The Morgan fingerprint density at radius 2 is 1.92 bits per heavy atom. The standard InChI is InChI=1S/C19H22FN3O/c1-22(2)12-13-23(15-17-5-8-18(20)9-6-17)19(24)10-7-16-4-3-11-21-14-16/h3-11,14H,12-13,15H2,1-2H3. The Kier molecular flexibility index (Phi) is 6.63. The topological polar surface area (TPSA) is 36.4 Å². The first kappa shape index (κ1) is 17.8. The largest absolute Gasteiger partial charge is 0.334 e. The van der Waals surface area contributed by atoms with Gasteiger partial charge in [-0.3, -0.25) is 9.78 Å². The van der Waals surface area contributed by atoms with Crippen molar-refractivity contribution in [1.82, 2.24) is 14.8 Å². The zero-order valence-corrected chi connectivity index (χ0v) is 14.0. The molecule has 2 aromatic rings. The van der Waals surface area contributed by atoms with Crippen molar-refractivity contribution in [2.24, 2.45) is 0 Å². The number of amides is 1. The first-order valence-electron chi connectivity index (χ1n) is 7.81. The van der Waals surface area contributed by atoms with Crippen LogP contribution in [0.4, 0.5) is 4.39 Å². The molecule has 0 fully saturated rings. The van der Waals surface area contributed by atoms with E-state index in [2.05, 4.69) is 4.98 Å². The Bertz CT molecular complexity index is 669. The molecule has 24 heavy (non-hydrogen) atoms. The summed E-state index contributed by atoms with van der Waals surface area (Å²) in [5.74, 6) is -0.355. The molecule has 2 rings (SSSR count). The van der Waals surface area contributed by atoms with E-state index in [4.69, 9.17) is 0 Å². The quantitative estimate of drug-likeness (QED) is 0.734. The Balaban J connectivity index is 2.07. The zero-order valence-electron chi connectivity index (χ0n) is 14.0. The van der Waals surface area contributed by atoms with Crippen LogP contribution < -0.4 is 0 Å². The minimum Gasteiger partial charge on any atom is -0.334 e. The molecule has 1 heterocycles. The smallest absolute Gasteiger partial charge is 0.246 e. The van der Waals surface area contributed by atoms with E-state index in [1.165, 1.54) is 12.1 Å². The second kappa shape index (κ2) is 8.93. The average Bonchev–Trinajstić information content (AvgIpc) is 2.59. The molecule has 1 aromatic carbocycles. The van der Waals surface area contributed by atoms with E-state index < -0.39 is 0 Å². The molecular weight excluding hydrogens is 305 g/mol. The van der Waals surface area contributed by atoms with Crippen LogP contribution in [0, 0.1) is 5.82 Å². The molecule has 0 saturated heterocycles. The van der Waals surface area contributed by atoms with Crippen LogP contribution in [0.5, 0.6) is 0 Å². The summed E-state index contributed by atoms with van der Waals surface area (Å²) in [6, 6.07) is 9.95. The highest BCUT2D eigenvalue weighted by atomic mass is 19.1. The number of carbonyl (C=O) groups is 1. The van der Waals surface area contributed by atoms with Crippen LogP contribution in [0.1, 0.15) is 11.1 Å². The van der Waals surface area contributed by atoms with E-state index in [9.17, 15) is 9.18 Å². The molecule has 0 saturated carbocycles. The van der Waals surface area contributed by atoms with Crippen molar-refractivity contribution in [1.29, 1.82) is 0 Å². The van der Waals surface area contributed by atoms with Crippen molar-refractivity contribution in [3.05, 3.63) is 71.8 Å². The van der Waals surface area contributed by atoms with Gasteiger partial charge in [0.2, 0.25) is 5.91 Å². The molecule has 1 aromatic heterocycles. The summed E-state index contributed by atoms with van der Waals surface area (Å²) in [6.45, 7) is 1.80. The third kappa shape index (κ3) is 5.93. The fraction of sp³-hybridized carbons (Fsp3) is 0.263. The fourth-order valence-corrected chi connectivity index (χ4v) is 2.15. The highest BCUT2D eigenvalue weighted by molar-refractivity contribution is 5.91. The summed E-state index contributed by atoms with van der Waals surface area (Å²) in [4.78, 5) is 20.3. The maximum Gasteiger partial charge on any atom is 0.246 e.